The van der Waals surface area contributed by atoms with Gasteiger partial charge in [0.05, 0.1) is 29.4 Å². The molecular formula is C22H25N5O. The van der Waals surface area contributed by atoms with Crippen LogP contribution in [0.1, 0.15) is 29.7 Å². The van der Waals surface area contributed by atoms with Crippen molar-refractivity contribution in [1.29, 1.82) is 0 Å². The largest absolute Gasteiger partial charge is 0.497 e. The van der Waals surface area contributed by atoms with Crippen LogP contribution < -0.4 is 15.8 Å². The van der Waals surface area contributed by atoms with Crippen LogP contribution in [0.2, 0.25) is 0 Å². The van der Waals surface area contributed by atoms with Crippen molar-refractivity contribution in [2.24, 2.45) is 16.6 Å². The average molecular weight is 375 g/mol. The first-order valence-electron chi connectivity index (χ1n) is 9.51. The van der Waals surface area contributed by atoms with Gasteiger partial charge < -0.3 is 15.8 Å². The van der Waals surface area contributed by atoms with Crippen molar-refractivity contribution in [3.8, 4) is 5.75 Å². The summed E-state index contributed by atoms with van der Waals surface area (Å²) in [5.74, 6) is 2.12. The SMILES string of the molecule is CNc1c(C(N)=NCC2CC2)ccc2[nH]nc(/C=C/c3ccc(OC)cc3)c12. The van der Waals surface area contributed by atoms with Crippen molar-refractivity contribution < 1.29 is 4.74 Å². The summed E-state index contributed by atoms with van der Waals surface area (Å²) >= 11 is 0. The van der Waals surface area contributed by atoms with E-state index >= 15 is 0 Å². The van der Waals surface area contributed by atoms with E-state index in [9.17, 15) is 0 Å². The Morgan fingerprint density at radius 1 is 1.25 bits per heavy atom. The Labute approximate surface area is 164 Å². The van der Waals surface area contributed by atoms with Gasteiger partial charge >= 0.3 is 0 Å². The number of hydrogen-bond acceptors (Lipinski definition) is 4. The third kappa shape index (κ3) is 3.71. The van der Waals surface area contributed by atoms with Crippen molar-refractivity contribution in [2.75, 3.05) is 26.0 Å². The molecule has 2 aromatic carbocycles. The number of amidine groups is 1. The molecule has 0 unspecified atom stereocenters. The number of hydrogen-bond donors (Lipinski definition) is 3. The number of nitrogens with one attached hydrogen (secondary N) is 2. The third-order valence-corrected chi connectivity index (χ3v) is 5.05. The van der Waals surface area contributed by atoms with E-state index in [1.165, 1.54) is 12.8 Å². The quantitative estimate of drug-likeness (QED) is 0.432. The second-order valence-electron chi connectivity index (χ2n) is 7.05. The summed E-state index contributed by atoms with van der Waals surface area (Å²) in [5.41, 5.74) is 11.0. The monoisotopic (exact) mass is 375 g/mol. The molecule has 0 spiro atoms. The Bertz CT molecular complexity index is 1030. The summed E-state index contributed by atoms with van der Waals surface area (Å²) in [6, 6.07) is 11.9. The molecule has 3 aromatic rings. The number of H-pyrrole nitrogens is 1. The van der Waals surface area contributed by atoms with Crippen LogP contribution in [0.5, 0.6) is 5.75 Å². The number of fused-ring (bicyclic) bond motifs is 1. The number of aliphatic imine (C=N–C) groups is 1. The third-order valence-electron chi connectivity index (χ3n) is 5.05. The van der Waals surface area contributed by atoms with Crippen molar-refractivity contribution in [3.05, 3.63) is 53.2 Å². The standard InChI is InChI=1S/C22H25N5O/c1-24-21-17(22(23)25-13-15-3-4-15)10-12-19-20(21)18(26-27-19)11-7-14-5-8-16(28-2)9-6-14/h5-12,15,24H,3-4,13H2,1-2H3,(H2,23,25)(H,26,27)/b11-7+. The van der Waals surface area contributed by atoms with Gasteiger partial charge in [-0.25, -0.2) is 0 Å². The molecule has 28 heavy (non-hydrogen) atoms. The van der Waals surface area contributed by atoms with E-state index < -0.39 is 0 Å². The normalized spacial score (nSPS) is 14.7. The summed E-state index contributed by atoms with van der Waals surface area (Å²) in [4.78, 5) is 4.59. The highest BCUT2D eigenvalue weighted by Gasteiger charge is 2.21. The Morgan fingerprint density at radius 3 is 2.71 bits per heavy atom. The molecule has 0 saturated heterocycles. The van der Waals surface area contributed by atoms with E-state index in [0.29, 0.717) is 11.8 Å². The first kappa shape index (κ1) is 18.1. The minimum atomic E-state index is 0.574. The van der Waals surface area contributed by atoms with E-state index in [1.807, 2.05) is 55.6 Å². The lowest BCUT2D eigenvalue weighted by Crippen LogP contribution is -2.16. The van der Waals surface area contributed by atoms with Gasteiger partial charge in [0.2, 0.25) is 0 Å². The lowest BCUT2D eigenvalue weighted by Gasteiger charge is -2.11. The molecule has 0 aliphatic heterocycles. The maximum absolute atomic E-state index is 6.30. The van der Waals surface area contributed by atoms with Gasteiger partial charge in [0.1, 0.15) is 11.6 Å². The number of ether oxygens (including phenoxy) is 1. The van der Waals surface area contributed by atoms with Gasteiger partial charge in [0.15, 0.2) is 0 Å². The van der Waals surface area contributed by atoms with Crippen LogP contribution in [0.15, 0.2) is 41.4 Å². The highest BCUT2D eigenvalue weighted by atomic mass is 16.5. The zero-order chi connectivity index (χ0) is 19.5. The highest BCUT2D eigenvalue weighted by molar-refractivity contribution is 6.11. The van der Waals surface area contributed by atoms with Crippen molar-refractivity contribution in [2.45, 2.75) is 12.8 Å². The Kier molecular flexibility index (Phi) is 5.02. The van der Waals surface area contributed by atoms with E-state index in [1.54, 1.807) is 7.11 Å². The molecule has 4 N–H and O–H groups in total. The molecule has 1 heterocycles. The molecule has 0 amide bonds. The number of anilines is 1. The molecule has 6 heteroatoms. The molecule has 144 valence electrons. The smallest absolute Gasteiger partial charge is 0.127 e. The fourth-order valence-corrected chi connectivity index (χ4v) is 3.24. The predicted octanol–water partition coefficient (Wildman–Crippen LogP) is 3.90. The van der Waals surface area contributed by atoms with E-state index in [-0.39, 0.29) is 0 Å². The molecule has 0 bridgehead atoms. The van der Waals surface area contributed by atoms with Gasteiger partial charge in [-0.1, -0.05) is 18.2 Å². The average Bonchev–Trinajstić information content (AvgIpc) is 3.48. The van der Waals surface area contributed by atoms with Crippen LogP contribution in [0.3, 0.4) is 0 Å². The van der Waals surface area contributed by atoms with E-state index in [0.717, 1.165) is 45.7 Å². The molecule has 1 fully saturated rings. The minimum Gasteiger partial charge on any atom is -0.497 e. The fourth-order valence-electron chi connectivity index (χ4n) is 3.24. The topological polar surface area (TPSA) is 88.3 Å². The van der Waals surface area contributed by atoms with Crippen LogP contribution in [0, 0.1) is 5.92 Å². The molecular weight excluding hydrogens is 350 g/mol. The van der Waals surface area contributed by atoms with Gasteiger partial charge in [0, 0.05) is 19.2 Å². The second-order valence-corrected chi connectivity index (χ2v) is 7.05. The minimum absolute atomic E-state index is 0.574. The van der Waals surface area contributed by atoms with Gasteiger partial charge in [-0.15, -0.1) is 0 Å². The lowest BCUT2D eigenvalue weighted by atomic mass is 10.0. The van der Waals surface area contributed by atoms with Crippen LogP contribution in [-0.4, -0.2) is 36.7 Å². The maximum atomic E-state index is 6.30. The summed E-state index contributed by atoms with van der Waals surface area (Å²) < 4.78 is 5.21. The van der Waals surface area contributed by atoms with E-state index in [2.05, 4.69) is 20.5 Å². The van der Waals surface area contributed by atoms with Crippen molar-refractivity contribution in [3.63, 3.8) is 0 Å². The summed E-state index contributed by atoms with van der Waals surface area (Å²) in [6.07, 6.45) is 6.56. The number of rotatable bonds is 7. The highest BCUT2D eigenvalue weighted by Crippen LogP contribution is 2.31. The summed E-state index contributed by atoms with van der Waals surface area (Å²) in [7, 11) is 3.56. The van der Waals surface area contributed by atoms with Crippen LogP contribution in [-0.2, 0) is 0 Å². The van der Waals surface area contributed by atoms with Crippen molar-refractivity contribution >= 4 is 34.6 Å². The lowest BCUT2D eigenvalue weighted by molar-refractivity contribution is 0.415. The summed E-state index contributed by atoms with van der Waals surface area (Å²) in [5, 5.41) is 11.9. The number of nitrogens with two attached hydrogens (primary N) is 1. The molecule has 6 nitrogen and oxygen atoms in total. The Balaban J connectivity index is 1.69. The van der Waals surface area contributed by atoms with Gasteiger partial charge in [-0.3, -0.25) is 10.1 Å². The molecule has 0 atom stereocenters. The first-order valence-corrected chi connectivity index (χ1v) is 9.51. The Hall–Kier alpha value is -3.28. The zero-order valence-electron chi connectivity index (χ0n) is 16.2. The number of nitrogens with zero attached hydrogens (tertiary/aromatic N) is 2. The predicted molar refractivity (Wildman–Crippen MR) is 116 cm³/mol. The van der Waals surface area contributed by atoms with Gasteiger partial charge in [-0.05, 0) is 54.7 Å². The van der Waals surface area contributed by atoms with Crippen LogP contribution in [0.4, 0.5) is 5.69 Å². The molecule has 1 saturated carbocycles. The molecule has 4 rings (SSSR count). The summed E-state index contributed by atoms with van der Waals surface area (Å²) in [6.45, 7) is 0.808. The first-order chi connectivity index (χ1) is 13.7. The zero-order valence-corrected chi connectivity index (χ0v) is 16.2. The maximum Gasteiger partial charge on any atom is 0.127 e. The number of aromatic amines is 1. The number of methoxy groups -OCH3 is 1. The van der Waals surface area contributed by atoms with E-state index in [4.69, 9.17) is 10.5 Å². The van der Waals surface area contributed by atoms with Crippen LogP contribution >= 0.6 is 0 Å². The van der Waals surface area contributed by atoms with Gasteiger partial charge in [-0.2, -0.15) is 5.10 Å². The van der Waals surface area contributed by atoms with Gasteiger partial charge in [0.25, 0.3) is 0 Å². The molecule has 1 aromatic heterocycles. The van der Waals surface area contributed by atoms with Crippen molar-refractivity contribution in [1.82, 2.24) is 10.2 Å². The second kappa shape index (κ2) is 7.76. The Morgan fingerprint density at radius 2 is 2.04 bits per heavy atom. The molecule has 1 aliphatic carbocycles. The number of aromatic nitrogens is 2. The number of benzene rings is 2. The molecule has 0 radical (unpaired) electrons. The fraction of sp³-hybridized carbons (Fsp3) is 0.273. The van der Waals surface area contributed by atoms with Crippen LogP contribution in [0.25, 0.3) is 23.1 Å². The molecule has 1 aliphatic rings.